The lowest BCUT2D eigenvalue weighted by Crippen LogP contribution is -2.46. The van der Waals surface area contributed by atoms with E-state index >= 15 is 0 Å². The summed E-state index contributed by atoms with van der Waals surface area (Å²) in [5.41, 5.74) is 0.531. The predicted molar refractivity (Wildman–Crippen MR) is 83.8 cm³/mol. The van der Waals surface area contributed by atoms with Crippen molar-refractivity contribution in [3.63, 3.8) is 0 Å². The number of hydrogen-bond acceptors (Lipinski definition) is 5. The first kappa shape index (κ1) is 16.2. The van der Waals surface area contributed by atoms with Crippen LogP contribution in [-0.2, 0) is 10.2 Å². The van der Waals surface area contributed by atoms with Crippen LogP contribution in [-0.4, -0.2) is 56.8 Å². The van der Waals surface area contributed by atoms with Crippen LogP contribution in [0.25, 0.3) is 0 Å². The van der Waals surface area contributed by atoms with Gasteiger partial charge in [0.1, 0.15) is 0 Å². The second-order valence-electron chi connectivity index (χ2n) is 5.92. The fourth-order valence-corrected chi connectivity index (χ4v) is 4.07. The highest BCUT2D eigenvalue weighted by molar-refractivity contribution is 7.86. The molecule has 3 rings (SSSR count). The molecule has 1 fully saturated rings. The quantitative estimate of drug-likeness (QED) is 0.768. The minimum Gasteiger partial charge on any atom is -0.454 e. The number of piperidine rings is 1. The first-order valence-electron chi connectivity index (χ1n) is 7.51. The van der Waals surface area contributed by atoms with Crippen LogP contribution in [0.15, 0.2) is 18.2 Å². The standard InChI is InChI=1S/C15H20N2O5S/c1-16(2)23(19,20)17-7-3-4-12(9-17)15(18)11-5-6-13-14(8-11)22-10-21-13/h5-6,8,12H,3-4,7,9-10H2,1-2H3. The van der Waals surface area contributed by atoms with Crippen LogP contribution >= 0.6 is 0 Å². The molecular formula is C15H20N2O5S. The van der Waals surface area contributed by atoms with Crippen LogP contribution in [0.3, 0.4) is 0 Å². The van der Waals surface area contributed by atoms with Gasteiger partial charge in [0.05, 0.1) is 0 Å². The smallest absolute Gasteiger partial charge is 0.281 e. The fourth-order valence-electron chi connectivity index (χ4n) is 2.88. The first-order valence-corrected chi connectivity index (χ1v) is 8.91. The van der Waals surface area contributed by atoms with Gasteiger partial charge in [0, 0.05) is 38.7 Å². The summed E-state index contributed by atoms with van der Waals surface area (Å²) >= 11 is 0. The molecule has 1 aromatic carbocycles. The van der Waals surface area contributed by atoms with Crippen LogP contribution in [0, 0.1) is 5.92 Å². The molecule has 23 heavy (non-hydrogen) atoms. The zero-order valence-corrected chi connectivity index (χ0v) is 14.0. The maximum atomic E-state index is 12.7. The number of carbonyl (C=O) groups excluding carboxylic acids is 1. The number of benzene rings is 1. The molecular weight excluding hydrogens is 320 g/mol. The second kappa shape index (κ2) is 6.10. The molecule has 1 saturated heterocycles. The van der Waals surface area contributed by atoms with E-state index in [-0.39, 0.29) is 25.0 Å². The molecule has 1 aromatic rings. The van der Waals surface area contributed by atoms with Crippen molar-refractivity contribution in [2.24, 2.45) is 5.92 Å². The molecule has 0 aliphatic carbocycles. The molecule has 2 heterocycles. The summed E-state index contributed by atoms with van der Waals surface area (Å²) < 4.78 is 37.6. The van der Waals surface area contributed by atoms with E-state index in [2.05, 4.69) is 0 Å². The van der Waals surface area contributed by atoms with Gasteiger partial charge in [0.25, 0.3) is 10.2 Å². The Bertz CT molecular complexity index is 717. The summed E-state index contributed by atoms with van der Waals surface area (Å²) in [6.07, 6.45) is 1.36. The largest absolute Gasteiger partial charge is 0.454 e. The normalized spacial score (nSPS) is 21.6. The molecule has 7 nitrogen and oxygen atoms in total. The highest BCUT2D eigenvalue weighted by atomic mass is 32.2. The van der Waals surface area contributed by atoms with Crippen molar-refractivity contribution in [1.29, 1.82) is 0 Å². The lowest BCUT2D eigenvalue weighted by Gasteiger charge is -2.32. The molecule has 0 N–H and O–H groups in total. The van der Waals surface area contributed by atoms with Gasteiger partial charge >= 0.3 is 0 Å². The summed E-state index contributed by atoms with van der Waals surface area (Å²) in [6, 6.07) is 5.09. The van der Waals surface area contributed by atoms with Crippen LogP contribution in [0.1, 0.15) is 23.2 Å². The van der Waals surface area contributed by atoms with Gasteiger partial charge in [0.2, 0.25) is 6.79 Å². The van der Waals surface area contributed by atoms with E-state index < -0.39 is 10.2 Å². The molecule has 126 valence electrons. The Balaban J connectivity index is 1.77. The maximum absolute atomic E-state index is 12.7. The van der Waals surface area contributed by atoms with Gasteiger partial charge in [-0.2, -0.15) is 17.0 Å². The monoisotopic (exact) mass is 340 g/mol. The molecule has 0 saturated carbocycles. The molecule has 2 aliphatic heterocycles. The molecule has 1 atom stereocenters. The molecule has 0 spiro atoms. The van der Waals surface area contributed by atoms with Crippen molar-refractivity contribution in [1.82, 2.24) is 8.61 Å². The van der Waals surface area contributed by atoms with Gasteiger partial charge in [0.15, 0.2) is 17.3 Å². The van der Waals surface area contributed by atoms with E-state index in [1.807, 2.05) is 0 Å². The number of hydrogen-bond donors (Lipinski definition) is 0. The van der Waals surface area contributed by atoms with Crippen LogP contribution < -0.4 is 9.47 Å². The fraction of sp³-hybridized carbons (Fsp3) is 0.533. The lowest BCUT2D eigenvalue weighted by molar-refractivity contribution is 0.0870. The van der Waals surface area contributed by atoms with Crippen molar-refractivity contribution < 1.29 is 22.7 Å². The molecule has 8 heteroatoms. The Hall–Kier alpha value is -1.64. The third-order valence-electron chi connectivity index (χ3n) is 4.20. The number of carbonyl (C=O) groups is 1. The topological polar surface area (TPSA) is 76.2 Å². The molecule has 0 aromatic heterocycles. The molecule has 2 aliphatic rings. The van der Waals surface area contributed by atoms with Gasteiger partial charge in [-0.05, 0) is 31.0 Å². The third-order valence-corrected chi connectivity index (χ3v) is 6.11. The number of fused-ring (bicyclic) bond motifs is 1. The minimum absolute atomic E-state index is 0.0537. The zero-order valence-electron chi connectivity index (χ0n) is 13.2. The summed E-state index contributed by atoms with van der Waals surface area (Å²) in [4.78, 5) is 12.7. The summed E-state index contributed by atoms with van der Waals surface area (Å²) in [6.45, 7) is 0.824. The SMILES string of the molecule is CN(C)S(=O)(=O)N1CCCC(C(=O)c2ccc3c(c2)OCO3)C1. The van der Waals surface area contributed by atoms with Crippen LogP contribution in [0.5, 0.6) is 11.5 Å². The Morgan fingerprint density at radius 3 is 2.74 bits per heavy atom. The van der Waals surface area contributed by atoms with Crippen LogP contribution in [0.2, 0.25) is 0 Å². The summed E-state index contributed by atoms with van der Waals surface area (Å²) in [7, 11) is -0.491. The summed E-state index contributed by atoms with van der Waals surface area (Å²) in [5.74, 6) is 0.798. The third kappa shape index (κ3) is 3.06. The van der Waals surface area contributed by atoms with Gasteiger partial charge in [-0.25, -0.2) is 0 Å². The minimum atomic E-state index is -3.49. The molecule has 0 radical (unpaired) electrons. The maximum Gasteiger partial charge on any atom is 0.281 e. The van der Waals surface area contributed by atoms with E-state index in [4.69, 9.17) is 9.47 Å². The van der Waals surface area contributed by atoms with Crippen molar-refractivity contribution in [2.75, 3.05) is 34.0 Å². The zero-order chi connectivity index (χ0) is 16.6. The van der Waals surface area contributed by atoms with E-state index in [0.717, 1.165) is 0 Å². The van der Waals surface area contributed by atoms with Gasteiger partial charge in [-0.15, -0.1) is 0 Å². The number of Topliss-reactive ketones (excluding diaryl/α,β-unsaturated/α-hetero) is 1. The highest BCUT2D eigenvalue weighted by Gasteiger charge is 2.34. The van der Waals surface area contributed by atoms with Gasteiger partial charge in [-0.3, -0.25) is 4.79 Å². The van der Waals surface area contributed by atoms with Crippen LogP contribution in [0.4, 0.5) is 0 Å². The van der Waals surface area contributed by atoms with Gasteiger partial charge < -0.3 is 9.47 Å². The average molecular weight is 340 g/mol. The molecule has 0 bridgehead atoms. The highest BCUT2D eigenvalue weighted by Crippen LogP contribution is 2.34. The van der Waals surface area contributed by atoms with E-state index in [1.165, 1.54) is 22.7 Å². The summed E-state index contributed by atoms with van der Waals surface area (Å²) in [5, 5.41) is 0. The second-order valence-corrected chi connectivity index (χ2v) is 8.06. The van der Waals surface area contributed by atoms with E-state index in [0.29, 0.717) is 36.4 Å². The van der Waals surface area contributed by atoms with Gasteiger partial charge in [-0.1, -0.05) is 0 Å². The number of nitrogens with zero attached hydrogens (tertiary/aromatic N) is 2. The average Bonchev–Trinajstić information content (AvgIpc) is 3.01. The van der Waals surface area contributed by atoms with E-state index in [1.54, 1.807) is 18.2 Å². The Labute approximate surface area is 136 Å². The number of rotatable bonds is 4. The predicted octanol–water partition coefficient (Wildman–Crippen LogP) is 1.12. The Morgan fingerprint density at radius 1 is 1.26 bits per heavy atom. The molecule has 1 unspecified atom stereocenters. The van der Waals surface area contributed by atoms with Crippen molar-refractivity contribution >= 4 is 16.0 Å². The lowest BCUT2D eigenvalue weighted by atomic mass is 9.91. The number of ether oxygens (including phenoxy) is 2. The number of ketones is 1. The van der Waals surface area contributed by atoms with Crippen molar-refractivity contribution in [2.45, 2.75) is 12.8 Å². The molecule has 0 amide bonds. The van der Waals surface area contributed by atoms with Crippen molar-refractivity contribution in [3.8, 4) is 11.5 Å². The Kier molecular flexibility index (Phi) is 4.31. The Morgan fingerprint density at radius 2 is 2.00 bits per heavy atom. The van der Waals surface area contributed by atoms with Crippen molar-refractivity contribution in [3.05, 3.63) is 23.8 Å². The van der Waals surface area contributed by atoms with E-state index in [9.17, 15) is 13.2 Å². The first-order chi connectivity index (χ1) is 10.9.